The molecule has 0 saturated heterocycles. The maximum absolute atomic E-state index is 12.6. The maximum atomic E-state index is 12.6. The molecular formula is C26H24N4O5. The average Bonchev–Trinajstić information content (AvgIpc) is 3.17. The predicted molar refractivity (Wildman–Crippen MR) is 126 cm³/mol. The quantitative estimate of drug-likeness (QED) is 0.432. The number of H-pyrrole nitrogens is 1. The van der Waals surface area contributed by atoms with Gasteiger partial charge in [-0.25, -0.2) is 4.79 Å². The second kappa shape index (κ2) is 7.97. The number of rotatable bonds is 6. The summed E-state index contributed by atoms with van der Waals surface area (Å²) in [6.45, 7) is 0.172. The largest absolute Gasteiger partial charge is 0.481 e. The van der Waals surface area contributed by atoms with Crippen LogP contribution in [-0.4, -0.2) is 45.9 Å². The number of amides is 2. The van der Waals surface area contributed by atoms with Gasteiger partial charge in [-0.2, -0.15) is 5.10 Å². The molecule has 3 aliphatic rings. The molecule has 0 radical (unpaired) electrons. The van der Waals surface area contributed by atoms with Crippen LogP contribution >= 0.6 is 0 Å². The SMILES string of the molecule is O=C(Nc1cc(C(=O)N[C@H]2C[C@@H]3C[C@]3(C(=O)O)C2)[nH]n1)OCC1c2ccccc2-c2ccccc21. The number of carboxylic acids is 1. The van der Waals surface area contributed by atoms with Gasteiger partial charge in [0, 0.05) is 18.0 Å². The zero-order valence-corrected chi connectivity index (χ0v) is 18.8. The van der Waals surface area contributed by atoms with E-state index in [-0.39, 0.29) is 41.9 Å². The van der Waals surface area contributed by atoms with Gasteiger partial charge in [-0.1, -0.05) is 48.5 Å². The van der Waals surface area contributed by atoms with E-state index in [1.165, 1.54) is 6.07 Å². The minimum Gasteiger partial charge on any atom is -0.481 e. The molecule has 3 aliphatic carbocycles. The Morgan fingerprint density at radius 2 is 1.74 bits per heavy atom. The number of aromatic nitrogens is 2. The van der Waals surface area contributed by atoms with Crippen molar-refractivity contribution >= 4 is 23.8 Å². The molecule has 0 unspecified atom stereocenters. The monoisotopic (exact) mass is 472 g/mol. The van der Waals surface area contributed by atoms with Gasteiger partial charge in [0.25, 0.3) is 5.91 Å². The summed E-state index contributed by atoms with van der Waals surface area (Å²) in [5, 5.41) is 21.4. The van der Waals surface area contributed by atoms with Crippen molar-refractivity contribution < 1.29 is 24.2 Å². The molecule has 0 spiro atoms. The zero-order valence-electron chi connectivity index (χ0n) is 18.8. The van der Waals surface area contributed by atoms with Gasteiger partial charge in [0.05, 0.1) is 5.41 Å². The fourth-order valence-corrected chi connectivity index (χ4v) is 5.77. The van der Waals surface area contributed by atoms with Gasteiger partial charge in [0.2, 0.25) is 0 Å². The van der Waals surface area contributed by atoms with Crippen molar-refractivity contribution in [2.24, 2.45) is 11.3 Å². The Kier molecular flexibility index (Phi) is 4.87. The van der Waals surface area contributed by atoms with E-state index in [1.807, 2.05) is 36.4 Å². The minimum atomic E-state index is -0.782. The Bertz CT molecular complexity index is 1310. The van der Waals surface area contributed by atoms with E-state index >= 15 is 0 Å². The number of aliphatic carboxylic acids is 1. The van der Waals surface area contributed by atoms with Crippen LogP contribution < -0.4 is 10.6 Å². The molecule has 2 fully saturated rings. The third kappa shape index (κ3) is 3.63. The van der Waals surface area contributed by atoms with Gasteiger partial charge >= 0.3 is 12.1 Å². The number of nitrogens with zero attached hydrogens (tertiary/aromatic N) is 1. The van der Waals surface area contributed by atoms with Crippen LogP contribution in [0.2, 0.25) is 0 Å². The van der Waals surface area contributed by atoms with E-state index in [0.29, 0.717) is 19.3 Å². The number of nitrogens with one attached hydrogen (secondary N) is 3. The first-order valence-corrected chi connectivity index (χ1v) is 11.7. The smallest absolute Gasteiger partial charge is 0.412 e. The number of benzene rings is 2. The highest BCUT2D eigenvalue weighted by Gasteiger charge is 2.65. The summed E-state index contributed by atoms with van der Waals surface area (Å²) >= 11 is 0. The van der Waals surface area contributed by atoms with E-state index in [9.17, 15) is 19.5 Å². The minimum absolute atomic E-state index is 0.0552. The van der Waals surface area contributed by atoms with Crippen molar-refractivity contribution in [3.63, 3.8) is 0 Å². The first-order valence-electron chi connectivity index (χ1n) is 11.7. The third-order valence-electron chi connectivity index (χ3n) is 7.57. The van der Waals surface area contributed by atoms with Crippen molar-refractivity contribution in [3.8, 4) is 11.1 Å². The lowest BCUT2D eigenvalue weighted by Gasteiger charge is -2.15. The van der Waals surface area contributed by atoms with E-state index in [1.54, 1.807) is 0 Å². The van der Waals surface area contributed by atoms with Crippen LogP contribution in [0, 0.1) is 11.3 Å². The van der Waals surface area contributed by atoms with Crippen molar-refractivity contribution in [2.75, 3.05) is 11.9 Å². The van der Waals surface area contributed by atoms with Crippen molar-refractivity contribution in [1.82, 2.24) is 15.5 Å². The van der Waals surface area contributed by atoms with Crippen LogP contribution in [0.15, 0.2) is 54.6 Å². The van der Waals surface area contributed by atoms with Gasteiger partial charge in [-0.3, -0.25) is 20.0 Å². The van der Waals surface area contributed by atoms with E-state index in [0.717, 1.165) is 22.3 Å². The van der Waals surface area contributed by atoms with Gasteiger partial charge in [0.1, 0.15) is 12.3 Å². The molecular weight excluding hydrogens is 448 g/mol. The average molecular weight is 473 g/mol. The van der Waals surface area contributed by atoms with Crippen molar-refractivity contribution in [3.05, 3.63) is 71.4 Å². The van der Waals surface area contributed by atoms with Gasteiger partial charge < -0.3 is 15.2 Å². The van der Waals surface area contributed by atoms with Gasteiger partial charge in [-0.15, -0.1) is 0 Å². The lowest BCUT2D eigenvalue weighted by atomic mass is 9.98. The molecule has 9 heteroatoms. The number of fused-ring (bicyclic) bond motifs is 4. The van der Waals surface area contributed by atoms with Gasteiger partial charge in [0.15, 0.2) is 5.82 Å². The van der Waals surface area contributed by atoms with Crippen LogP contribution in [0.1, 0.15) is 46.8 Å². The standard InChI is InChI=1S/C26H24N4O5/c31-23(27-15-9-14-11-26(14,12-15)24(32)33)21-10-22(30-29-21)28-25(34)35-13-20-18-7-3-1-5-16(18)17-6-2-4-8-19(17)20/h1-8,10,14-15,20H,9,11-13H2,(H,27,31)(H,32,33)(H2,28,29,30,34)/t14-,15+,26+/m1/s1. The molecule has 2 saturated carbocycles. The second-order valence-corrected chi connectivity index (χ2v) is 9.59. The summed E-state index contributed by atoms with van der Waals surface area (Å²) < 4.78 is 5.51. The Hall–Kier alpha value is -4.14. The highest BCUT2D eigenvalue weighted by molar-refractivity contribution is 5.94. The summed E-state index contributed by atoms with van der Waals surface area (Å²) in [7, 11) is 0. The summed E-state index contributed by atoms with van der Waals surface area (Å²) in [4.78, 5) is 36.5. The summed E-state index contributed by atoms with van der Waals surface area (Å²) in [5.41, 5.74) is 4.05. The van der Waals surface area contributed by atoms with Crippen LogP contribution in [0.4, 0.5) is 10.6 Å². The predicted octanol–water partition coefficient (Wildman–Crippen LogP) is 3.75. The number of ether oxygens (including phenoxy) is 1. The normalized spacial score (nSPS) is 23.7. The number of aromatic amines is 1. The second-order valence-electron chi connectivity index (χ2n) is 9.59. The van der Waals surface area contributed by atoms with E-state index in [4.69, 9.17) is 4.74 Å². The Balaban J connectivity index is 1.05. The zero-order chi connectivity index (χ0) is 24.2. The molecule has 6 rings (SSSR count). The molecule has 0 aliphatic heterocycles. The molecule has 9 nitrogen and oxygen atoms in total. The lowest BCUT2D eigenvalue weighted by molar-refractivity contribution is -0.143. The molecule has 3 aromatic rings. The highest BCUT2D eigenvalue weighted by atomic mass is 16.5. The number of carboxylic acid groups (broad SMARTS) is 1. The highest BCUT2D eigenvalue weighted by Crippen LogP contribution is 2.63. The van der Waals surface area contributed by atoms with Crippen LogP contribution in [0.5, 0.6) is 0 Å². The summed E-state index contributed by atoms with van der Waals surface area (Å²) in [6.07, 6.45) is 1.13. The van der Waals surface area contributed by atoms with E-state index < -0.39 is 17.5 Å². The van der Waals surface area contributed by atoms with Crippen molar-refractivity contribution in [2.45, 2.75) is 31.2 Å². The Labute approximate surface area is 200 Å². The Morgan fingerprint density at radius 3 is 2.40 bits per heavy atom. The first kappa shape index (κ1) is 21.4. The third-order valence-corrected chi connectivity index (χ3v) is 7.57. The topological polar surface area (TPSA) is 133 Å². The van der Waals surface area contributed by atoms with Crippen LogP contribution in [-0.2, 0) is 9.53 Å². The molecule has 178 valence electrons. The fraction of sp³-hybridized carbons (Fsp3) is 0.308. The molecule has 3 atom stereocenters. The van der Waals surface area contributed by atoms with E-state index in [2.05, 4.69) is 33.0 Å². The number of hydrogen-bond donors (Lipinski definition) is 4. The molecule has 4 N–H and O–H groups in total. The molecule has 35 heavy (non-hydrogen) atoms. The maximum Gasteiger partial charge on any atom is 0.412 e. The van der Waals surface area contributed by atoms with Gasteiger partial charge in [-0.05, 0) is 47.4 Å². The fourth-order valence-electron chi connectivity index (χ4n) is 5.77. The van der Waals surface area contributed by atoms with Crippen molar-refractivity contribution in [1.29, 1.82) is 0 Å². The molecule has 2 aromatic carbocycles. The van der Waals surface area contributed by atoms with Crippen LogP contribution in [0.3, 0.4) is 0 Å². The first-order chi connectivity index (χ1) is 16.9. The number of hydrogen-bond acceptors (Lipinski definition) is 5. The molecule has 2 amide bonds. The summed E-state index contributed by atoms with van der Waals surface area (Å²) in [6, 6.07) is 17.4. The number of carbonyl (C=O) groups is 3. The molecule has 1 aromatic heterocycles. The lowest BCUT2D eigenvalue weighted by Crippen LogP contribution is -2.35. The number of carbonyl (C=O) groups excluding carboxylic acids is 2. The van der Waals surface area contributed by atoms with Crippen LogP contribution in [0.25, 0.3) is 11.1 Å². The number of anilines is 1. The Morgan fingerprint density at radius 1 is 1.06 bits per heavy atom. The molecule has 0 bridgehead atoms. The molecule has 1 heterocycles. The summed E-state index contributed by atoms with van der Waals surface area (Å²) in [5.74, 6) is -0.915.